The van der Waals surface area contributed by atoms with E-state index in [0.29, 0.717) is 36.9 Å². The zero-order chi connectivity index (χ0) is 20.7. The summed E-state index contributed by atoms with van der Waals surface area (Å²) < 4.78 is 10.8. The maximum Gasteiger partial charge on any atom is 0.308 e. The lowest BCUT2D eigenvalue weighted by Crippen LogP contribution is -2.57. The second-order valence-electron chi connectivity index (χ2n) is 7.60. The van der Waals surface area contributed by atoms with Crippen LogP contribution in [0.2, 0.25) is 0 Å². The van der Waals surface area contributed by atoms with Crippen molar-refractivity contribution in [3.63, 3.8) is 0 Å². The van der Waals surface area contributed by atoms with Crippen LogP contribution in [0.15, 0.2) is 24.3 Å². The lowest BCUT2D eigenvalue weighted by Gasteiger charge is -2.34. The van der Waals surface area contributed by atoms with Crippen molar-refractivity contribution in [2.45, 2.75) is 52.7 Å². The van der Waals surface area contributed by atoms with E-state index in [2.05, 4.69) is 19.2 Å². The van der Waals surface area contributed by atoms with E-state index in [1.807, 2.05) is 0 Å². The first-order valence-corrected chi connectivity index (χ1v) is 9.79. The number of esters is 1. The summed E-state index contributed by atoms with van der Waals surface area (Å²) >= 11 is 0. The zero-order valence-corrected chi connectivity index (χ0v) is 17.1. The van der Waals surface area contributed by atoms with Gasteiger partial charge in [0, 0.05) is 18.7 Å². The number of nitrogens with zero attached hydrogens (tertiary/aromatic N) is 1. The molecule has 0 aliphatic carbocycles. The predicted molar refractivity (Wildman–Crippen MR) is 105 cm³/mol. The Labute approximate surface area is 166 Å². The number of benzene rings is 1. The molecule has 1 aromatic rings. The number of piperazine rings is 1. The van der Waals surface area contributed by atoms with Crippen LogP contribution in [0.1, 0.15) is 50.9 Å². The van der Waals surface area contributed by atoms with Crippen molar-refractivity contribution in [2.75, 3.05) is 19.7 Å². The van der Waals surface area contributed by atoms with Crippen LogP contribution in [0.5, 0.6) is 5.75 Å². The maximum absolute atomic E-state index is 12.9. The van der Waals surface area contributed by atoms with E-state index in [1.165, 1.54) is 4.90 Å². The first kappa shape index (κ1) is 21.7. The lowest BCUT2D eigenvalue weighted by molar-refractivity contribution is -0.151. The van der Waals surface area contributed by atoms with Crippen molar-refractivity contribution in [1.82, 2.24) is 10.2 Å². The highest BCUT2D eigenvalue weighted by atomic mass is 16.5. The summed E-state index contributed by atoms with van der Waals surface area (Å²) in [4.78, 5) is 38.6. The highest BCUT2D eigenvalue weighted by Gasteiger charge is 2.35. The van der Waals surface area contributed by atoms with Crippen LogP contribution in [0.4, 0.5) is 0 Å². The molecule has 2 rings (SSSR count). The number of carbonyl (C=O) groups is 3. The van der Waals surface area contributed by atoms with Crippen molar-refractivity contribution in [1.29, 1.82) is 0 Å². The number of carbonyl (C=O) groups excluding carboxylic acids is 3. The lowest BCUT2D eigenvalue weighted by atomic mass is 10.1. The van der Waals surface area contributed by atoms with E-state index >= 15 is 0 Å². The maximum atomic E-state index is 12.9. The van der Waals surface area contributed by atoms with E-state index in [1.54, 1.807) is 38.1 Å². The number of ether oxygens (including phenoxy) is 2. The van der Waals surface area contributed by atoms with E-state index in [4.69, 9.17) is 9.47 Å². The van der Waals surface area contributed by atoms with Gasteiger partial charge < -0.3 is 19.7 Å². The van der Waals surface area contributed by atoms with Crippen LogP contribution in [-0.2, 0) is 14.3 Å². The molecule has 1 unspecified atom stereocenters. The van der Waals surface area contributed by atoms with Gasteiger partial charge in [-0.1, -0.05) is 13.8 Å². The molecule has 2 amide bonds. The molecule has 0 aromatic heterocycles. The van der Waals surface area contributed by atoms with Gasteiger partial charge in [-0.05, 0) is 50.5 Å². The third-order valence-corrected chi connectivity index (χ3v) is 4.38. The van der Waals surface area contributed by atoms with Gasteiger partial charge in [0.15, 0.2) is 0 Å². The molecule has 1 aromatic carbocycles. The molecule has 1 heterocycles. The summed E-state index contributed by atoms with van der Waals surface area (Å²) in [5.74, 6) is 0.139. The first-order chi connectivity index (χ1) is 13.3. The van der Waals surface area contributed by atoms with Gasteiger partial charge in [-0.25, -0.2) is 0 Å². The molecule has 1 aliphatic heterocycles. The van der Waals surface area contributed by atoms with Gasteiger partial charge in [-0.2, -0.15) is 0 Å². The fourth-order valence-electron chi connectivity index (χ4n) is 2.90. The number of rotatable bonds is 8. The van der Waals surface area contributed by atoms with Crippen LogP contribution >= 0.6 is 0 Å². The minimum Gasteiger partial charge on any atom is -0.494 e. The second kappa shape index (κ2) is 10.1. The average molecular weight is 390 g/mol. The molecule has 1 aliphatic rings. The van der Waals surface area contributed by atoms with Crippen LogP contribution < -0.4 is 10.1 Å². The van der Waals surface area contributed by atoms with Gasteiger partial charge in [0.1, 0.15) is 11.8 Å². The summed E-state index contributed by atoms with van der Waals surface area (Å²) in [7, 11) is 0. The van der Waals surface area contributed by atoms with Crippen molar-refractivity contribution < 1.29 is 23.9 Å². The Balaban J connectivity index is 2.05. The van der Waals surface area contributed by atoms with E-state index < -0.39 is 12.0 Å². The van der Waals surface area contributed by atoms with Crippen LogP contribution in [0, 0.1) is 5.92 Å². The van der Waals surface area contributed by atoms with Gasteiger partial charge in [-0.3, -0.25) is 14.4 Å². The van der Waals surface area contributed by atoms with E-state index in [-0.39, 0.29) is 24.3 Å². The van der Waals surface area contributed by atoms with Gasteiger partial charge >= 0.3 is 5.97 Å². The average Bonchev–Trinajstić information content (AvgIpc) is 2.62. The summed E-state index contributed by atoms with van der Waals surface area (Å²) in [5, 5.41) is 2.71. The summed E-state index contributed by atoms with van der Waals surface area (Å²) in [6, 6.07) is 6.00. The van der Waals surface area contributed by atoms with Gasteiger partial charge in [0.05, 0.1) is 19.1 Å². The Morgan fingerprint density at radius 1 is 1.18 bits per heavy atom. The number of nitrogens with one attached hydrogen (secondary N) is 1. The second-order valence-corrected chi connectivity index (χ2v) is 7.60. The Morgan fingerprint density at radius 2 is 1.86 bits per heavy atom. The molecule has 0 bridgehead atoms. The molecule has 0 saturated carbocycles. The van der Waals surface area contributed by atoms with Crippen LogP contribution in [0.3, 0.4) is 0 Å². The number of hydrogen-bond acceptors (Lipinski definition) is 5. The Bertz CT molecular complexity index is 685. The minimum atomic E-state index is -0.866. The molecule has 7 heteroatoms. The molecule has 0 radical (unpaired) electrons. The summed E-state index contributed by atoms with van der Waals surface area (Å²) in [5.41, 5.74) is 0.452. The molecule has 154 valence electrons. The number of amides is 2. The smallest absolute Gasteiger partial charge is 0.308 e. The van der Waals surface area contributed by atoms with Crippen molar-refractivity contribution in [3.05, 3.63) is 29.8 Å². The molecule has 1 N–H and O–H groups in total. The Morgan fingerprint density at radius 3 is 2.46 bits per heavy atom. The van der Waals surface area contributed by atoms with Gasteiger partial charge in [0.25, 0.3) is 5.91 Å². The predicted octanol–water partition coefficient (Wildman–Crippen LogP) is 2.39. The summed E-state index contributed by atoms with van der Waals surface area (Å²) in [6.45, 7) is 9.07. The van der Waals surface area contributed by atoms with Gasteiger partial charge in [-0.15, -0.1) is 0 Å². The van der Waals surface area contributed by atoms with Gasteiger partial charge in [0.2, 0.25) is 5.91 Å². The van der Waals surface area contributed by atoms with Crippen molar-refractivity contribution in [3.8, 4) is 5.75 Å². The molecular formula is C21H30N2O5. The Kier molecular flexibility index (Phi) is 7.84. The molecule has 1 atom stereocenters. The number of hydrogen-bond donors (Lipinski definition) is 1. The zero-order valence-electron chi connectivity index (χ0n) is 17.1. The first-order valence-electron chi connectivity index (χ1n) is 9.79. The summed E-state index contributed by atoms with van der Waals surface area (Å²) in [6.07, 6.45) is 0.524. The largest absolute Gasteiger partial charge is 0.494 e. The monoisotopic (exact) mass is 390 g/mol. The standard InChI is InChI=1S/C21H30N2O5/c1-14(2)9-12-27-17-7-5-16(6-8-17)21(26)23-11-10-22-20(25)18(23)13-19(24)28-15(3)4/h5-8,14-15,18H,9-13H2,1-4H3,(H,22,25). The third kappa shape index (κ3) is 6.25. The fourth-order valence-corrected chi connectivity index (χ4v) is 2.90. The molecule has 0 spiro atoms. The minimum absolute atomic E-state index is 0.161. The topological polar surface area (TPSA) is 84.9 Å². The van der Waals surface area contributed by atoms with E-state index in [0.717, 1.165) is 6.42 Å². The molecular weight excluding hydrogens is 360 g/mol. The quantitative estimate of drug-likeness (QED) is 0.689. The highest BCUT2D eigenvalue weighted by Crippen LogP contribution is 2.18. The molecule has 1 saturated heterocycles. The van der Waals surface area contributed by atoms with Crippen molar-refractivity contribution in [2.24, 2.45) is 5.92 Å². The molecule has 7 nitrogen and oxygen atoms in total. The highest BCUT2D eigenvalue weighted by molar-refractivity contribution is 5.99. The molecule has 28 heavy (non-hydrogen) atoms. The van der Waals surface area contributed by atoms with Crippen molar-refractivity contribution >= 4 is 17.8 Å². The SMILES string of the molecule is CC(C)CCOc1ccc(C(=O)N2CCNC(=O)C2CC(=O)OC(C)C)cc1. The third-order valence-electron chi connectivity index (χ3n) is 4.38. The normalized spacial score (nSPS) is 16.9. The fraction of sp³-hybridized carbons (Fsp3) is 0.571. The Hall–Kier alpha value is -2.57. The van der Waals surface area contributed by atoms with E-state index in [9.17, 15) is 14.4 Å². The van der Waals surface area contributed by atoms with Crippen LogP contribution in [-0.4, -0.2) is 54.5 Å². The van der Waals surface area contributed by atoms with Crippen LogP contribution in [0.25, 0.3) is 0 Å². The molecule has 1 fully saturated rings.